The van der Waals surface area contributed by atoms with Gasteiger partial charge in [-0.2, -0.15) is 0 Å². The van der Waals surface area contributed by atoms with Crippen molar-refractivity contribution < 1.29 is 9.18 Å². The molecule has 0 radical (unpaired) electrons. The lowest BCUT2D eigenvalue weighted by molar-refractivity contribution is -0.115. The van der Waals surface area contributed by atoms with E-state index in [1.807, 2.05) is 53.1 Å². The number of hydrogen-bond acceptors (Lipinski definition) is 3. The third kappa shape index (κ3) is 4.36. The number of carbonyl (C=O) groups is 1. The summed E-state index contributed by atoms with van der Waals surface area (Å²) in [7, 11) is 0. The predicted molar refractivity (Wildman–Crippen MR) is 122 cm³/mol. The SMILES string of the molecule is O=C(Cc1ccccc1)Nc1ccc2n(c1=O)C[C@H]1C[C@@H]2CN(Cc2ccc(F)cc2)C1. The summed E-state index contributed by atoms with van der Waals surface area (Å²) in [5, 5.41) is 2.81. The fourth-order valence-electron chi connectivity index (χ4n) is 5.09. The first kappa shape index (κ1) is 20.6. The fraction of sp³-hybridized carbons (Fsp3) is 0.308. The molecule has 3 heterocycles. The number of aromatic nitrogens is 1. The summed E-state index contributed by atoms with van der Waals surface area (Å²) in [5.74, 6) is 0.263. The quantitative estimate of drug-likeness (QED) is 0.669. The van der Waals surface area contributed by atoms with Gasteiger partial charge in [0.2, 0.25) is 5.91 Å². The van der Waals surface area contributed by atoms with Crippen molar-refractivity contribution in [2.75, 3.05) is 18.4 Å². The molecule has 3 aromatic rings. The number of piperidine rings is 1. The second-order valence-corrected chi connectivity index (χ2v) is 8.92. The lowest BCUT2D eigenvalue weighted by Crippen LogP contribution is -2.47. The molecule has 1 saturated heterocycles. The van der Waals surface area contributed by atoms with Gasteiger partial charge >= 0.3 is 0 Å². The average molecular weight is 432 g/mol. The van der Waals surface area contributed by atoms with Crippen LogP contribution >= 0.6 is 0 Å². The molecule has 164 valence electrons. The Labute approximate surface area is 186 Å². The number of nitrogens with one attached hydrogen (secondary N) is 1. The van der Waals surface area contributed by atoms with Gasteiger partial charge in [0.15, 0.2) is 0 Å². The van der Waals surface area contributed by atoms with Crippen molar-refractivity contribution in [1.82, 2.24) is 9.47 Å². The monoisotopic (exact) mass is 431 g/mol. The molecule has 2 aromatic carbocycles. The summed E-state index contributed by atoms with van der Waals surface area (Å²) in [6, 6.07) is 19.9. The Balaban J connectivity index is 1.30. The molecule has 1 fully saturated rings. The first-order chi connectivity index (χ1) is 15.5. The second kappa shape index (κ2) is 8.71. The van der Waals surface area contributed by atoms with E-state index < -0.39 is 0 Å². The van der Waals surface area contributed by atoms with Gasteiger partial charge in [0, 0.05) is 37.8 Å². The van der Waals surface area contributed by atoms with Crippen molar-refractivity contribution in [1.29, 1.82) is 0 Å². The van der Waals surface area contributed by atoms with Crippen molar-refractivity contribution in [3.05, 3.63) is 99.7 Å². The Hall–Kier alpha value is -3.25. The van der Waals surface area contributed by atoms with Crippen LogP contribution in [0.25, 0.3) is 0 Å². The molecular weight excluding hydrogens is 405 g/mol. The molecular formula is C26H26FN3O2. The topological polar surface area (TPSA) is 54.3 Å². The number of halogens is 1. The number of anilines is 1. The molecule has 0 unspecified atom stereocenters. The summed E-state index contributed by atoms with van der Waals surface area (Å²) in [4.78, 5) is 28.0. The van der Waals surface area contributed by atoms with Crippen molar-refractivity contribution in [3.8, 4) is 0 Å². The Kier molecular flexibility index (Phi) is 5.62. The Morgan fingerprint density at radius 2 is 1.72 bits per heavy atom. The highest BCUT2D eigenvalue weighted by Gasteiger charge is 2.35. The van der Waals surface area contributed by atoms with Crippen molar-refractivity contribution >= 4 is 11.6 Å². The van der Waals surface area contributed by atoms with Crippen LogP contribution in [0.3, 0.4) is 0 Å². The number of nitrogens with zero attached hydrogens (tertiary/aromatic N) is 2. The molecule has 2 atom stereocenters. The lowest BCUT2D eigenvalue weighted by atomic mass is 9.83. The van der Waals surface area contributed by atoms with Crippen LogP contribution < -0.4 is 10.9 Å². The van der Waals surface area contributed by atoms with E-state index >= 15 is 0 Å². The van der Waals surface area contributed by atoms with Crippen LogP contribution in [0.15, 0.2) is 71.5 Å². The Morgan fingerprint density at radius 1 is 0.938 bits per heavy atom. The van der Waals surface area contributed by atoms with Gasteiger partial charge in [0.25, 0.3) is 5.56 Å². The molecule has 1 aromatic heterocycles. The minimum Gasteiger partial charge on any atom is -0.321 e. The van der Waals surface area contributed by atoms with Crippen LogP contribution in [-0.4, -0.2) is 28.5 Å². The van der Waals surface area contributed by atoms with Gasteiger partial charge in [0.05, 0.1) is 6.42 Å². The average Bonchev–Trinajstić information content (AvgIpc) is 2.78. The molecule has 2 aliphatic rings. The Bertz CT molecular complexity index is 1170. The number of amides is 1. The Morgan fingerprint density at radius 3 is 2.50 bits per heavy atom. The lowest BCUT2D eigenvalue weighted by Gasteiger charge is -2.43. The van der Waals surface area contributed by atoms with Crippen LogP contribution in [-0.2, 0) is 24.3 Å². The van der Waals surface area contributed by atoms with E-state index in [1.54, 1.807) is 6.07 Å². The van der Waals surface area contributed by atoms with Gasteiger partial charge in [-0.1, -0.05) is 42.5 Å². The molecule has 0 aliphatic carbocycles. The highest BCUT2D eigenvalue weighted by Crippen LogP contribution is 2.36. The molecule has 6 heteroatoms. The number of hydrogen-bond donors (Lipinski definition) is 1. The maximum Gasteiger partial charge on any atom is 0.274 e. The first-order valence-corrected chi connectivity index (χ1v) is 11.1. The summed E-state index contributed by atoms with van der Waals surface area (Å²) in [6.45, 7) is 3.22. The van der Waals surface area contributed by atoms with Gasteiger partial charge in [-0.3, -0.25) is 14.5 Å². The van der Waals surface area contributed by atoms with Gasteiger partial charge in [-0.05, 0) is 47.7 Å². The molecule has 0 spiro atoms. The van der Waals surface area contributed by atoms with E-state index in [0.29, 0.717) is 18.2 Å². The molecule has 0 saturated carbocycles. The maximum atomic E-state index is 13.2. The number of fused-ring (bicyclic) bond motifs is 4. The third-order valence-corrected chi connectivity index (χ3v) is 6.48. The smallest absolute Gasteiger partial charge is 0.274 e. The van der Waals surface area contributed by atoms with E-state index in [-0.39, 0.29) is 29.6 Å². The van der Waals surface area contributed by atoms with Crippen LogP contribution in [0, 0.1) is 11.7 Å². The fourth-order valence-corrected chi connectivity index (χ4v) is 5.09. The number of benzene rings is 2. The summed E-state index contributed by atoms with van der Waals surface area (Å²) < 4.78 is 15.1. The number of likely N-dealkylation sites (tertiary alicyclic amines) is 1. The normalized spacial score (nSPS) is 19.9. The summed E-state index contributed by atoms with van der Waals surface area (Å²) >= 11 is 0. The maximum absolute atomic E-state index is 13.2. The van der Waals surface area contributed by atoms with E-state index in [1.165, 1.54) is 12.1 Å². The number of rotatable bonds is 5. The van der Waals surface area contributed by atoms with Crippen LogP contribution in [0.1, 0.15) is 29.2 Å². The minimum absolute atomic E-state index is 0.120. The molecule has 2 bridgehead atoms. The standard InChI is InChI=1S/C26H26FN3O2/c27-22-8-6-19(7-9-22)14-29-15-20-12-21(17-29)24-11-10-23(26(32)30(24)16-20)28-25(31)13-18-4-2-1-3-5-18/h1-11,20-21H,12-17H2,(H,28,31)/t20-,21+/m0/s1. The van der Waals surface area contributed by atoms with E-state index in [9.17, 15) is 14.0 Å². The van der Waals surface area contributed by atoms with Gasteiger partial charge < -0.3 is 9.88 Å². The van der Waals surface area contributed by atoms with E-state index in [2.05, 4.69) is 10.2 Å². The number of carbonyl (C=O) groups excluding carboxylic acids is 1. The van der Waals surface area contributed by atoms with E-state index in [0.717, 1.165) is 42.9 Å². The van der Waals surface area contributed by atoms with Crippen LogP contribution in [0.2, 0.25) is 0 Å². The van der Waals surface area contributed by atoms with Gasteiger partial charge in [-0.25, -0.2) is 4.39 Å². The molecule has 5 rings (SSSR count). The summed E-state index contributed by atoms with van der Waals surface area (Å²) in [6.07, 6.45) is 1.31. The van der Waals surface area contributed by atoms with Crippen LogP contribution in [0.5, 0.6) is 0 Å². The first-order valence-electron chi connectivity index (χ1n) is 11.1. The molecule has 1 N–H and O–H groups in total. The van der Waals surface area contributed by atoms with Gasteiger partial charge in [0.1, 0.15) is 11.5 Å². The molecule has 5 nitrogen and oxygen atoms in total. The summed E-state index contributed by atoms with van der Waals surface area (Å²) in [5.41, 5.74) is 3.28. The third-order valence-electron chi connectivity index (χ3n) is 6.48. The highest BCUT2D eigenvalue weighted by atomic mass is 19.1. The van der Waals surface area contributed by atoms with E-state index in [4.69, 9.17) is 0 Å². The van der Waals surface area contributed by atoms with Crippen LogP contribution in [0.4, 0.5) is 10.1 Å². The van der Waals surface area contributed by atoms with Gasteiger partial charge in [-0.15, -0.1) is 0 Å². The molecule has 32 heavy (non-hydrogen) atoms. The van der Waals surface area contributed by atoms with Crippen molar-refractivity contribution in [3.63, 3.8) is 0 Å². The highest BCUT2D eigenvalue weighted by molar-refractivity contribution is 5.92. The second-order valence-electron chi connectivity index (χ2n) is 8.92. The van der Waals surface area contributed by atoms with Crippen molar-refractivity contribution in [2.45, 2.75) is 31.8 Å². The minimum atomic E-state index is -0.218. The largest absolute Gasteiger partial charge is 0.321 e. The number of pyridine rings is 1. The zero-order valence-corrected chi connectivity index (χ0v) is 17.8. The molecule has 2 aliphatic heterocycles. The molecule has 1 amide bonds. The zero-order valence-electron chi connectivity index (χ0n) is 17.8. The van der Waals surface area contributed by atoms with Crippen molar-refractivity contribution in [2.24, 2.45) is 5.92 Å². The predicted octanol–water partition coefficient (Wildman–Crippen LogP) is 3.79. The zero-order chi connectivity index (χ0) is 22.1.